The van der Waals surface area contributed by atoms with Crippen molar-refractivity contribution in [2.24, 2.45) is 4.99 Å². The Bertz CT molecular complexity index is 1040. The van der Waals surface area contributed by atoms with Crippen LogP contribution >= 0.6 is 23.4 Å². The van der Waals surface area contributed by atoms with Crippen molar-refractivity contribution in [2.45, 2.75) is 13.8 Å². The number of ether oxygens (including phenoxy) is 2. The number of halogens is 1. The van der Waals surface area contributed by atoms with Crippen LogP contribution in [0.4, 0.5) is 5.69 Å². The van der Waals surface area contributed by atoms with Gasteiger partial charge >= 0.3 is 5.97 Å². The molecule has 2 aromatic rings. The Morgan fingerprint density at radius 1 is 1.27 bits per heavy atom. The molecule has 0 saturated carbocycles. The highest BCUT2D eigenvalue weighted by Gasteiger charge is 2.33. The van der Waals surface area contributed by atoms with Crippen molar-refractivity contribution >= 4 is 52.2 Å². The summed E-state index contributed by atoms with van der Waals surface area (Å²) in [6.45, 7) is 4.02. The molecule has 0 atom stereocenters. The maximum Gasteiger partial charge on any atom is 0.316 e. The molecule has 0 spiro atoms. The van der Waals surface area contributed by atoms with Gasteiger partial charge in [-0.15, -0.1) is 0 Å². The van der Waals surface area contributed by atoms with E-state index in [2.05, 4.69) is 4.99 Å². The van der Waals surface area contributed by atoms with E-state index in [1.807, 2.05) is 31.2 Å². The van der Waals surface area contributed by atoms with E-state index in [4.69, 9.17) is 21.1 Å². The van der Waals surface area contributed by atoms with Crippen LogP contribution in [-0.4, -0.2) is 36.5 Å². The number of rotatable bonds is 6. The van der Waals surface area contributed by atoms with E-state index in [0.717, 1.165) is 22.9 Å². The molecule has 156 valence electrons. The van der Waals surface area contributed by atoms with Gasteiger partial charge in [-0.05, 0) is 43.7 Å². The molecule has 8 heteroatoms. The normalized spacial score (nSPS) is 14.8. The lowest BCUT2D eigenvalue weighted by Crippen LogP contribution is -2.31. The lowest BCUT2D eigenvalue weighted by Gasteiger charge is -2.18. The molecule has 0 saturated heterocycles. The topological polar surface area (TPSA) is 68.2 Å². The first-order chi connectivity index (χ1) is 14.4. The third-order valence-corrected chi connectivity index (χ3v) is 5.40. The highest BCUT2D eigenvalue weighted by molar-refractivity contribution is 8.14. The molecule has 0 N–H and O–H groups in total. The Labute approximate surface area is 184 Å². The zero-order valence-corrected chi connectivity index (χ0v) is 18.4. The van der Waals surface area contributed by atoms with Gasteiger partial charge in [-0.2, -0.15) is 0 Å². The van der Waals surface area contributed by atoms with E-state index < -0.39 is 0 Å². The molecule has 3 rings (SSSR count). The average Bonchev–Trinajstić information content (AvgIpc) is 3.02. The van der Waals surface area contributed by atoms with Crippen molar-refractivity contribution in [3.8, 4) is 5.75 Å². The minimum Gasteiger partial charge on any atom is -0.495 e. The fraction of sp³-hybridized carbons (Fsp3) is 0.227. The molecule has 6 nitrogen and oxygen atoms in total. The number of hydrogen-bond donors (Lipinski definition) is 0. The summed E-state index contributed by atoms with van der Waals surface area (Å²) in [6, 6.07) is 12.8. The highest BCUT2D eigenvalue weighted by atomic mass is 35.5. The van der Waals surface area contributed by atoms with Gasteiger partial charge in [-0.25, -0.2) is 4.99 Å². The van der Waals surface area contributed by atoms with Gasteiger partial charge in [0, 0.05) is 0 Å². The number of methoxy groups -OCH3 is 1. The Kier molecular flexibility index (Phi) is 7.18. The summed E-state index contributed by atoms with van der Waals surface area (Å²) in [5.41, 5.74) is 2.76. The summed E-state index contributed by atoms with van der Waals surface area (Å²) in [5.74, 6) is -0.135. The fourth-order valence-electron chi connectivity index (χ4n) is 2.86. The van der Waals surface area contributed by atoms with Crippen LogP contribution in [0, 0.1) is 6.92 Å². The summed E-state index contributed by atoms with van der Waals surface area (Å²) in [5, 5.41) is 0.752. The second-order valence-corrected chi connectivity index (χ2v) is 7.74. The zero-order chi connectivity index (χ0) is 21.7. The lowest BCUT2D eigenvalue weighted by atomic mass is 10.1. The highest BCUT2D eigenvalue weighted by Crippen LogP contribution is 2.34. The monoisotopic (exact) mass is 444 g/mol. The van der Waals surface area contributed by atoms with Crippen LogP contribution in [0.15, 0.2) is 53.2 Å². The third kappa shape index (κ3) is 5.04. The van der Waals surface area contributed by atoms with Crippen LogP contribution in [0.1, 0.15) is 18.1 Å². The van der Waals surface area contributed by atoms with Crippen molar-refractivity contribution in [1.82, 2.24) is 0 Å². The van der Waals surface area contributed by atoms with Gasteiger partial charge < -0.3 is 9.47 Å². The number of carbonyl (C=O) groups is 2. The van der Waals surface area contributed by atoms with Crippen molar-refractivity contribution in [3.63, 3.8) is 0 Å². The smallest absolute Gasteiger partial charge is 0.316 e. The Morgan fingerprint density at radius 2 is 2.07 bits per heavy atom. The summed E-state index contributed by atoms with van der Waals surface area (Å²) in [7, 11) is 1.52. The molecule has 0 fully saturated rings. The van der Waals surface area contributed by atoms with Gasteiger partial charge in [0.1, 0.15) is 11.4 Å². The molecule has 2 aromatic carbocycles. The molecule has 0 bridgehead atoms. The Hall–Kier alpha value is -2.77. The number of nitrogens with zero attached hydrogens (tertiary/aromatic N) is 2. The Morgan fingerprint density at radius 3 is 2.73 bits per heavy atom. The van der Waals surface area contributed by atoms with Crippen LogP contribution in [0.2, 0.25) is 5.02 Å². The van der Waals surface area contributed by atoms with Gasteiger partial charge in [-0.3, -0.25) is 14.5 Å². The van der Waals surface area contributed by atoms with Crippen LogP contribution < -0.4 is 9.64 Å². The number of aryl methyl sites for hydroxylation is 1. The number of carbonyl (C=O) groups excluding carboxylic acids is 2. The molecule has 1 aliphatic rings. The van der Waals surface area contributed by atoms with Crippen molar-refractivity contribution in [1.29, 1.82) is 0 Å². The standard InChI is InChI=1S/C22H21ClN2O4S/c1-4-29-20(26)13-30-22-24-18(11-15-7-5-6-14(2)10-15)21(27)25(22)16-8-9-19(28-3)17(23)12-16/h5-12H,4,13H2,1-3H3. The van der Waals surface area contributed by atoms with Crippen molar-refractivity contribution in [2.75, 3.05) is 24.4 Å². The van der Waals surface area contributed by atoms with Crippen molar-refractivity contribution in [3.05, 3.63) is 64.3 Å². The maximum absolute atomic E-state index is 13.2. The number of amides is 1. The second-order valence-electron chi connectivity index (χ2n) is 6.39. The molecule has 0 unspecified atom stereocenters. The predicted molar refractivity (Wildman–Crippen MR) is 121 cm³/mol. The van der Waals surface area contributed by atoms with Gasteiger partial charge in [0.25, 0.3) is 5.91 Å². The fourth-order valence-corrected chi connectivity index (χ4v) is 3.92. The third-order valence-electron chi connectivity index (χ3n) is 4.19. The van der Waals surface area contributed by atoms with Gasteiger partial charge in [0.05, 0.1) is 30.2 Å². The lowest BCUT2D eigenvalue weighted by molar-refractivity contribution is -0.139. The molecule has 1 aliphatic heterocycles. The first-order valence-electron chi connectivity index (χ1n) is 9.26. The molecule has 0 radical (unpaired) electrons. The number of esters is 1. The SMILES string of the molecule is CCOC(=O)CSC1=NC(=Cc2cccc(C)c2)C(=O)N1c1ccc(OC)c(Cl)c1. The Balaban J connectivity index is 1.96. The molecular weight excluding hydrogens is 424 g/mol. The number of benzene rings is 2. The number of thioether (sulfide) groups is 1. The largest absolute Gasteiger partial charge is 0.495 e. The van der Waals surface area contributed by atoms with Crippen LogP contribution in [-0.2, 0) is 14.3 Å². The predicted octanol–water partition coefficient (Wildman–Crippen LogP) is 4.70. The maximum atomic E-state index is 13.2. The number of aliphatic imine (C=N–C) groups is 1. The van der Waals surface area contributed by atoms with E-state index >= 15 is 0 Å². The summed E-state index contributed by atoms with van der Waals surface area (Å²) in [6.07, 6.45) is 1.73. The van der Waals surface area contributed by atoms with Crippen molar-refractivity contribution < 1.29 is 19.1 Å². The molecule has 1 heterocycles. The number of anilines is 1. The molecule has 30 heavy (non-hydrogen) atoms. The second kappa shape index (κ2) is 9.82. The average molecular weight is 445 g/mol. The van der Waals surface area contributed by atoms with E-state index in [0.29, 0.717) is 28.2 Å². The number of hydrogen-bond acceptors (Lipinski definition) is 6. The van der Waals surface area contributed by atoms with E-state index in [1.165, 1.54) is 12.0 Å². The van der Waals surface area contributed by atoms with E-state index in [-0.39, 0.29) is 23.3 Å². The van der Waals surface area contributed by atoms with E-state index in [9.17, 15) is 9.59 Å². The summed E-state index contributed by atoms with van der Waals surface area (Å²) in [4.78, 5) is 30.9. The van der Waals surface area contributed by atoms with Gasteiger partial charge in [0.15, 0.2) is 5.17 Å². The molecule has 0 aliphatic carbocycles. The minimum atomic E-state index is -0.374. The first-order valence-corrected chi connectivity index (χ1v) is 10.6. The van der Waals surface area contributed by atoms with Crippen LogP contribution in [0.3, 0.4) is 0 Å². The van der Waals surface area contributed by atoms with Gasteiger partial charge in [0.2, 0.25) is 0 Å². The van der Waals surface area contributed by atoms with Crippen LogP contribution in [0.25, 0.3) is 6.08 Å². The molecular formula is C22H21ClN2O4S. The molecule has 0 aromatic heterocycles. The van der Waals surface area contributed by atoms with E-state index in [1.54, 1.807) is 31.2 Å². The molecule has 1 amide bonds. The first kappa shape index (κ1) is 21.9. The summed E-state index contributed by atoms with van der Waals surface area (Å²) < 4.78 is 10.2. The number of amidine groups is 1. The zero-order valence-electron chi connectivity index (χ0n) is 16.8. The quantitative estimate of drug-likeness (QED) is 0.477. The summed E-state index contributed by atoms with van der Waals surface area (Å²) >= 11 is 7.39. The minimum absolute atomic E-state index is 0.0397. The van der Waals surface area contributed by atoms with Gasteiger partial charge in [-0.1, -0.05) is 53.2 Å². The van der Waals surface area contributed by atoms with Crippen LogP contribution in [0.5, 0.6) is 5.75 Å².